The van der Waals surface area contributed by atoms with E-state index >= 15 is 0 Å². The van der Waals surface area contributed by atoms with E-state index in [4.69, 9.17) is 0 Å². The number of aliphatic hydroxyl groups is 1. The maximum Gasteiger partial charge on any atom is 0.129 e. The van der Waals surface area contributed by atoms with Crippen LogP contribution in [0, 0.1) is 22.9 Å². The second-order valence-corrected chi connectivity index (χ2v) is 24.2. The first kappa shape index (κ1) is 23.7. The summed E-state index contributed by atoms with van der Waals surface area (Å²) in [6.07, 6.45) is 5.55. The minimum absolute atomic E-state index is 0.796. The molecule has 0 bridgehead atoms. The van der Waals surface area contributed by atoms with E-state index in [1.165, 1.54) is 19.3 Å². The maximum absolute atomic E-state index is 11.5. The van der Waals surface area contributed by atoms with Crippen molar-refractivity contribution in [2.24, 2.45) is 0 Å². The minimum Gasteiger partial charge on any atom is -0.381 e. The third-order valence-corrected chi connectivity index (χ3v) is 9.63. The third kappa shape index (κ3) is 9.89. The lowest BCUT2D eigenvalue weighted by Gasteiger charge is -2.37. The molecule has 138 valence electrons. The lowest BCUT2D eigenvalue weighted by atomic mass is 10.1. The number of hydrogen-bond donors (Lipinski definition) is 1. The summed E-state index contributed by atoms with van der Waals surface area (Å²) in [4.78, 5) is 0. The van der Waals surface area contributed by atoms with Crippen LogP contribution in [0.3, 0.4) is 0 Å². The van der Waals surface area contributed by atoms with E-state index in [1.807, 2.05) is 0 Å². The van der Waals surface area contributed by atoms with Gasteiger partial charge in [0.1, 0.15) is 29.4 Å². The molecule has 0 aliphatic rings. The molecule has 0 spiro atoms. The molecule has 1 N–H and O–H groups in total. The zero-order chi connectivity index (χ0) is 19.1. The van der Waals surface area contributed by atoms with Crippen molar-refractivity contribution < 1.29 is 5.11 Å². The van der Waals surface area contributed by atoms with Gasteiger partial charge in [0, 0.05) is 6.04 Å². The predicted molar refractivity (Wildman–Crippen MR) is 118 cm³/mol. The van der Waals surface area contributed by atoms with Gasteiger partial charge in [0.15, 0.2) is 0 Å². The van der Waals surface area contributed by atoms with Crippen LogP contribution in [0.1, 0.15) is 39.0 Å². The lowest BCUT2D eigenvalue weighted by Crippen LogP contribution is -2.53. The monoisotopic (exact) mass is 380 g/mol. The van der Waals surface area contributed by atoms with Crippen molar-refractivity contribution in [3.8, 4) is 22.9 Å². The summed E-state index contributed by atoms with van der Waals surface area (Å²) in [6.45, 7) is 20.3. The van der Waals surface area contributed by atoms with Crippen molar-refractivity contribution in [1.82, 2.24) is 0 Å². The average Bonchev–Trinajstić information content (AvgIpc) is 2.38. The normalized spacial score (nSPS) is 14.9. The van der Waals surface area contributed by atoms with E-state index in [2.05, 4.69) is 82.2 Å². The number of hydrogen-bond acceptors (Lipinski definition) is 1. The van der Waals surface area contributed by atoms with Gasteiger partial charge in [-0.15, -0.1) is 17.0 Å². The quantitative estimate of drug-likeness (QED) is 0.341. The molecule has 24 heavy (non-hydrogen) atoms. The van der Waals surface area contributed by atoms with Crippen molar-refractivity contribution in [2.45, 2.75) is 103 Å². The van der Waals surface area contributed by atoms with Crippen molar-refractivity contribution in [3.63, 3.8) is 0 Å². The highest BCUT2D eigenvalue weighted by molar-refractivity contribution is 6.85. The molecule has 0 amide bonds. The molecule has 0 rings (SSSR count). The Kier molecular flexibility index (Phi) is 9.33. The fourth-order valence-corrected chi connectivity index (χ4v) is 5.92. The topological polar surface area (TPSA) is 20.2 Å². The van der Waals surface area contributed by atoms with Gasteiger partial charge in [0.05, 0.1) is 0 Å². The number of unbranched alkanes of at least 4 members (excludes halogenated alkanes) is 3. The van der Waals surface area contributed by atoms with Gasteiger partial charge in [-0.3, -0.25) is 0 Å². The lowest BCUT2D eigenvalue weighted by molar-refractivity contribution is 0.161. The van der Waals surface area contributed by atoms with Gasteiger partial charge in [0.25, 0.3) is 0 Å². The molecule has 0 aromatic carbocycles. The molecule has 1 atom stereocenters. The maximum atomic E-state index is 11.5. The van der Waals surface area contributed by atoms with Gasteiger partial charge in [-0.1, -0.05) is 84.5 Å². The van der Waals surface area contributed by atoms with Crippen LogP contribution < -0.4 is 0 Å². The predicted octanol–water partition coefficient (Wildman–Crippen LogP) is 5.70. The van der Waals surface area contributed by atoms with Crippen LogP contribution in [-0.4, -0.2) is 34.6 Å². The van der Waals surface area contributed by atoms with Gasteiger partial charge < -0.3 is 5.11 Å². The summed E-state index contributed by atoms with van der Waals surface area (Å²) in [6, 6.07) is 0.849. The van der Waals surface area contributed by atoms with E-state index < -0.39 is 29.4 Å². The molecule has 0 unspecified atom stereocenters. The van der Waals surface area contributed by atoms with Crippen molar-refractivity contribution >= 4 is 24.2 Å². The Morgan fingerprint density at radius 3 is 1.79 bits per heavy atom. The van der Waals surface area contributed by atoms with Crippen LogP contribution in [0.2, 0.25) is 58.4 Å². The van der Waals surface area contributed by atoms with Crippen LogP contribution >= 0.6 is 0 Å². The van der Waals surface area contributed by atoms with Gasteiger partial charge in [-0.05, 0) is 12.8 Å². The van der Waals surface area contributed by atoms with Crippen molar-refractivity contribution in [3.05, 3.63) is 0 Å². The molecule has 0 aromatic rings. The van der Waals surface area contributed by atoms with E-state index in [1.54, 1.807) is 0 Å². The molecular weight excluding hydrogens is 340 g/mol. The first-order chi connectivity index (χ1) is 10.7. The van der Waals surface area contributed by atoms with Crippen LogP contribution in [-0.2, 0) is 0 Å². The summed E-state index contributed by atoms with van der Waals surface area (Å²) in [5.41, 5.74) is 6.92. The third-order valence-electron chi connectivity index (χ3n) is 4.15. The molecule has 0 aliphatic heterocycles. The molecule has 0 fully saturated rings. The van der Waals surface area contributed by atoms with Crippen molar-refractivity contribution in [2.75, 3.05) is 0 Å². The van der Waals surface area contributed by atoms with Crippen LogP contribution in [0.15, 0.2) is 0 Å². The first-order valence-corrected chi connectivity index (χ1v) is 19.7. The number of rotatable bonds is 7. The Labute approximate surface area is 155 Å². The summed E-state index contributed by atoms with van der Waals surface area (Å²) < 4.78 is 0. The van der Waals surface area contributed by atoms with E-state index in [0.29, 0.717) is 0 Å². The molecule has 0 aliphatic carbocycles. The smallest absolute Gasteiger partial charge is 0.129 e. The largest absolute Gasteiger partial charge is 0.381 e. The van der Waals surface area contributed by atoms with Gasteiger partial charge in [-0.25, -0.2) is 0 Å². The second-order valence-electron chi connectivity index (χ2n) is 9.78. The molecule has 0 saturated carbocycles. The Morgan fingerprint density at radius 1 is 0.792 bits per heavy atom. The zero-order valence-electron chi connectivity index (χ0n) is 17.7. The van der Waals surface area contributed by atoms with E-state index in [-0.39, 0.29) is 0 Å². The zero-order valence-corrected chi connectivity index (χ0v) is 20.7. The first-order valence-electron chi connectivity index (χ1n) is 9.49. The van der Waals surface area contributed by atoms with E-state index in [0.717, 1.165) is 18.9 Å². The SMILES string of the molecule is CCCCCC[C@@](O)(C#C[Si](C)(C)C)[Si](C)(C)CC#C[Si](C)(C)C. The van der Waals surface area contributed by atoms with E-state index in [9.17, 15) is 5.11 Å². The Bertz CT molecular complexity index is 503. The summed E-state index contributed by atoms with van der Waals surface area (Å²) in [5, 5.41) is 10.7. The minimum atomic E-state index is -1.96. The summed E-state index contributed by atoms with van der Waals surface area (Å²) in [7, 11) is -4.80. The van der Waals surface area contributed by atoms with Gasteiger partial charge in [-0.2, -0.15) is 0 Å². The fraction of sp³-hybridized carbons (Fsp3) is 0.800. The Balaban J connectivity index is 5.38. The average molecular weight is 381 g/mol. The molecule has 0 radical (unpaired) electrons. The summed E-state index contributed by atoms with van der Waals surface area (Å²) in [5.74, 6) is 6.80. The highest BCUT2D eigenvalue weighted by Gasteiger charge is 2.43. The van der Waals surface area contributed by atoms with Crippen molar-refractivity contribution in [1.29, 1.82) is 0 Å². The molecule has 0 heterocycles. The van der Waals surface area contributed by atoms with Crippen LogP contribution in [0.25, 0.3) is 0 Å². The highest BCUT2D eigenvalue weighted by Crippen LogP contribution is 2.30. The van der Waals surface area contributed by atoms with Crippen LogP contribution in [0.4, 0.5) is 0 Å². The Morgan fingerprint density at radius 2 is 1.33 bits per heavy atom. The van der Waals surface area contributed by atoms with Gasteiger partial charge in [0.2, 0.25) is 0 Å². The Hall–Kier alpha value is -0.269. The standard InChI is InChI=1S/C20H40OSi3/c1-10-11-12-13-15-20(21,16-19-23(5,6)7)24(8,9)18-14-17-22(2,3)4/h21H,10-13,15,18H2,1-9H3/t20-/m0/s1. The fourth-order valence-electron chi connectivity index (χ4n) is 2.35. The highest BCUT2D eigenvalue weighted by atomic mass is 28.3. The second kappa shape index (κ2) is 9.43. The molecule has 0 aromatic heterocycles. The van der Waals surface area contributed by atoms with Gasteiger partial charge >= 0.3 is 0 Å². The molecule has 4 heteroatoms. The summed E-state index contributed by atoms with van der Waals surface area (Å²) >= 11 is 0. The molecule has 1 nitrogen and oxygen atoms in total. The van der Waals surface area contributed by atoms with Crippen LogP contribution in [0.5, 0.6) is 0 Å². The molecular formula is C20H40OSi3. The molecule has 0 saturated heterocycles.